The van der Waals surface area contributed by atoms with Crippen LogP contribution in [0, 0.1) is 45.3 Å². The largest absolute Gasteiger partial charge is 1.00 e. The summed E-state index contributed by atoms with van der Waals surface area (Å²) in [5.41, 5.74) is 14.9. The number of piperidine rings is 3. The van der Waals surface area contributed by atoms with E-state index in [0.717, 1.165) is 159 Å². The number of amides is 2. The van der Waals surface area contributed by atoms with Crippen molar-refractivity contribution in [2.75, 3.05) is 73.8 Å². The molecule has 0 unspecified atom stereocenters. The summed E-state index contributed by atoms with van der Waals surface area (Å²) >= 11 is 6.35. The second-order valence-corrected chi connectivity index (χ2v) is 36.9. The number of nitrogens with one attached hydrogen (secondary N) is 3. The van der Waals surface area contributed by atoms with E-state index in [1.807, 2.05) is 130 Å². The zero-order valence-electron chi connectivity index (χ0n) is 76.3. The molecule has 138 heavy (non-hydrogen) atoms. The van der Waals surface area contributed by atoms with Crippen LogP contribution in [0.2, 0.25) is 0 Å². The molecule has 18 rings (SSSR count). The second kappa shape index (κ2) is 48.0. The maximum absolute atomic E-state index is 14.3. The first-order valence-corrected chi connectivity index (χ1v) is 44.8. The van der Waals surface area contributed by atoms with Crippen molar-refractivity contribution in [1.29, 1.82) is 5.53 Å². The van der Waals surface area contributed by atoms with Crippen LogP contribution >= 0.6 is 39.5 Å². The predicted octanol–water partition coefficient (Wildman–Crippen LogP) is 14.9. The molecule has 2 amide bonds. The monoisotopic (exact) mass is 2030 g/mol. The maximum Gasteiger partial charge on any atom is 1.00 e. The van der Waals surface area contributed by atoms with Crippen LogP contribution in [-0.4, -0.2) is 189 Å². The molecular formula is C84H96BrF6N35NaO8S3-. The number of hydrogen-bond donors (Lipinski definition) is 5. The molecule has 6 aliphatic heterocycles. The number of aldehydes is 1. The molecule has 12 aromatic rings. The number of nitrogens with two attached hydrogens (primary N) is 2. The Hall–Kier alpha value is -12.1. The van der Waals surface area contributed by atoms with E-state index >= 15 is 0 Å². The number of thiol groups is 1. The van der Waals surface area contributed by atoms with Gasteiger partial charge in [-0.3, -0.25) is 38.5 Å². The fraction of sp³-hybridized carbons (Fsp3) is 0.429. The average molecular weight is 2040 g/mol. The number of rotatable bonds is 16. The smallest absolute Gasteiger partial charge is 0.813 e. The van der Waals surface area contributed by atoms with Crippen molar-refractivity contribution in [2.45, 2.75) is 174 Å². The van der Waals surface area contributed by atoms with Crippen molar-refractivity contribution in [3.05, 3.63) is 175 Å². The zero-order valence-corrected chi connectivity index (χ0v) is 82.4. The molecule has 0 saturated carbocycles. The number of para-hydroxylation sites is 3. The minimum absolute atomic E-state index is 0. The third-order valence-corrected chi connectivity index (χ3v) is 25.9. The molecule has 9 aromatic heterocycles. The zero-order chi connectivity index (χ0) is 97.0. The number of nitrogens with zero attached hydrogens (tertiary/aromatic N) is 30. The van der Waals surface area contributed by atoms with E-state index in [1.54, 1.807) is 67.6 Å². The molecule has 6 aliphatic rings. The Balaban J connectivity index is 0.000000170. The van der Waals surface area contributed by atoms with E-state index in [0.29, 0.717) is 29.8 Å². The minimum atomic E-state index is -4.64. The van der Waals surface area contributed by atoms with Crippen LogP contribution in [0.5, 0.6) is 0 Å². The molecule has 3 aromatic carbocycles. The van der Waals surface area contributed by atoms with Crippen LogP contribution in [0.3, 0.4) is 0 Å². The summed E-state index contributed by atoms with van der Waals surface area (Å²) in [6.45, 7) is 24.3. The molecular weight excluding hydrogens is 1940 g/mol. The van der Waals surface area contributed by atoms with Crippen molar-refractivity contribution in [3.8, 4) is 0 Å². The van der Waals surface area contributed by atoms with Gasteiger partial charge in [0.1, 0.15) is 45.2 Å². The van der Waals surface area contributed by atoms with Crippen LogP contribution in [-0.2, 0) is 42.0 Å². The number of ether oxygens (including phenoxy) is 5. The number of aromatic nitrogens is 12. The van der Waals surface area contributed by atoms with Crippen molar-refractivity contribution in [1.82, 2.24) is 68.7 Å². The summed E-state index contributed by atoms with van der Waals surface area (Å²) in [5, 5.41) is 51.8. The topological polar surface area (TPSA) is 522 Å². The van der Waals surface area contributed by atoms with Gasteiger partial charge in [0, 0.05) is 160 Å². The third kappa shape index (κ3) is 26.7. The number of carbonyl (C=O) groups is 3. The van der Waals surface area contributed by atoms with E-state index < -0.39 is 29.8 Å². The van der Waals surface area contributed by atoms with Gasteiger partial charge in [-0.15, -0.1) is 6.20 Å². The van der Waals surface area contributed by atoms with Crippen LogP contribution in [0.15, 0.2) is 250 Å². The minimum Gasteiger partial charge on any atom is -0.813 e. The summed E-state index contributed by atoms with van der Waals surface area (Å²) in [6, 6.07) is 23.5. The number of fused-ring (bicyclic) bond motifs is 6. The van der Waals surface area contributed by atoms with Crippen molar-refractivity contribution in [2.24, 2.45) is 106 Å². The van der Waals surface area contributed by atoms with Gasteiger partial charge < -0.3 is 84.6 Å². The van der Waals surface area contributed by atoms with Gasteiger partial charge in [-0.25, -0.2) is 42.7 Å². The van der Waals surface area contributed by atoms with Crippen LogP contribution in [0.25, 0.3) is 49.7 Å². The molecule has 3 spiro atoms. The molecule has 6 atom stereocenters. The van der Waals surface area contributed by atoms with Crippen LogP contribution < -0.4 is 66.5 Å². The van der Waals surface area contributed by atoms with Gasteiger partial charge >= 0.3 is 47.9 Å². The van der Waals surface area contributed by atoms with Crippen LogP contribution in [0.4, 0.5) is 53.8 Å². The van der Waals surface area contributed by atoms with Gasteiger partial charge in [-0.2, -0.15) is 18.7 Å². The first-order valence-electron chi connectivity index (χ1n) is 42.4. The number of benzene rings is 3. The van der Waals surface area contributed by atoms with E-state index in [9.17, 15) is 35.9 Å². The van der Waals surface area contributed by atoms with Crippen molar-refractivity contribution < 1.29 is 94.0 Å². The Morgan fingerprint density at radius 2 is 0.870 bits per heavy atom. The molecule has 15 heterocycles. The third-order valence-electron chi connectivity index (χ3n) is 23.0. The van der Waals surface area contributed by atoms with E-state index in [-0.39, 0.29) is 119 Å². The van der Waals surface area contributed by atoms with Crippen molar-refractivity contribution in [3.63, 3.8) is 0 Å². The normalized spacial score (nSPS) is 19.6. The Bertz CT molecular complexity index is 6370. The van der Waals surface area contributed by atoms with E-state index in [1.165, 1.54) is 41.7 Å². The fourth-order valence-corrected chi connectivity index (χ4v) is 19.0. The average Bonchev–Trinajstić information content (AvgIpc) is 1.60. The second-order valence-electron chi connectivity index (χ2n) is 33.8. The number of imidazole rings is 3. The van der Waals surface area contributed by atoms with Gasteiger partial charge in [0.25, 0.3) is 0 Å². The Morgan fingerprint density at radius 1 is 0.507 bits per heavy atom. The SMILES string of the molecule is C[C@@H]1OCC2(CCN(c3nc[c-]c4nccn34)CC2)[C@@H]1NC(=O)OC(C)(C)C.C[C@@H]1OCC2(CCN(c3ncc(Sc4ccnc5c(F)cccc45)c4nccn34)CC2)[C@@H]1N.C[C@@H]1OCC2(CCN(c3ncc(Sc4ccnc5c(F)cccc45)c4nccn34)CC2)[C@@H]1NC(=O)OC(C)(C)C.Fc1cccc2c(Br)ccnc12.N=N/N=N/N=N/N=N/N=N/N=N/N=N/N=N/N.O=CC(F)(F)F.[Na+].[SH-]. The molecule has 6 fully saturated rings. The molecule has 6 saturated heterocycles. The summed E-state index contributed by atoms with van der Waals surface area (Å²) in [5.74, 6) is 6.22. The van der Waals surface area contributed by atoms with E-state index in [4.69, 9.17) is 49.7 Å². The number of pyridine rings is 3. The van der Waals surface area contributed by atoms with Gasteiger partial charge in [0.05, 0.1) is 60.0 Å². The van der Waals surface area contributed by atoms with Gasteiger partial charge in [0.2, 0.25) is 24.1 Å². The Morgan fingerprint density at radius 3 is 1.26 bits per heavy atom. The summed E-state index contributed by atoms with van der Waals surface area (Å²) < 4.78 is 109. The maximum atomic E-state index is 14.3. The molecule has 43 nitrogen and oxygen atoms in total. The number of anilines is 3. The number of carbonyl (C=O) groups excluding carboxylic acids is 3. The quantitative estimate of drug-likeness (QED) is 0.00690. The summed E-state index contributed by atoms with van der Waals surface area (Å²) in [6.07, 6.45) is 20.3. The number of halogens is 7. The predicted molar refractivity (Wildman–Crippen MR) is 495 cm³/mol. The molecule has 724 valence electrons. The summed E-state index contributed by atoms with van der Waals surface area (Å²) in [4.78, 5) is 84.2. The van der Waals surface area contributed by atoms with Gasteiger partial charge in [-0.05, 0) is 216 Å². The number of alkyl carbamates (subject to hydrolysis) is 2. The summed E-state index contributed by atoms with van der Waals surface area (Å²) in [7, 11) is 0. The van der Waals surface area contributed by atoms with Gasteiger partial charge in [0.15, 0.2) is 11.3 Å². The fourth-order valence-electron chi connectivity index (χ4n) is 16.6. The first kappa shape index (κ1) is 106. The molecule has 7 N–H and O–H groups in total. The number of alkyl halides is 3. The van der Waals surface area contributed by atoms with Crippen molar-refractivity contribution >= 4 is 139 Å². The molecule has 0 bridgehead atoms. The number of hydrogen-bond acceptors (Lipinski definition) is 26. The molecule has 54 heteroatoms. The standard InChI is InChI=1S/C29H33FN6O3S.C24H25FN6OS.C20H28N5O3.C9H5BrFN.C2HF3O.H3N17.Na.H2S/c1-18-24(34-27(37)39-28(2,3)4)29(17-38-18)9-13-35(14-10-29)26-33-16-22(25-32-12-15-36(25)26)40-21-8-11-31-23-19(21)6-5-7-20(23)30;1-15-21(26)24(14-32-15)6-10-30(11-7-24)23-29-13-19(22-28-9-12-31(22)23)33-18-5-8-27-20-16(18)3-2-4-17(20)25;1-14-16(23-18(26)28-19(2,3)4)20(13-27-14)6-10-24(11-7-20)17-22-8-5-15-21-9-12-25(15)17;10-7-4-5-12-9-6(7)2-1-3-8(9)11;3-2(4,5)1-6;1-3-5-7-9-11-13-15-17-16-14-12-10-8-6-4-2;;/h5-8,11-12,15-16,18,24H,9-10,13-14,17H2,1-4H3,(H,34,37);2-5,8-9,12-13,15,21H,6-7,10-11,14,26H2,1H3;8-9,12,14,16H,6-7,10-11,13H2,1-4H3,(H,23,26);1-5H;1H;(H3,1,2,5,6,9,10,13,14,17);;1H2/q;;-1;;;;+1;/p-1/t18-,24+;15-,21+;14-,16+;;;;;/m000...../s1. The van der Waals surface area contributed by atoms with E-state index in [2.05, 4.69) is 173 Å². The van der Waals surface area contributed by atoms with Crippen LogP contribution in [0.1, 0.15) is 101 Å². The Labute approximate surface area is 830 Å². The van der Waals surface area contributed by atoms with Gasteiger partial charge in [-0.1, -0.05) is 81.1 Å². The first-order chi connectivity index (χ1) is 65.2. The molecule has 0 radical (unpaired) electrons. The molecule has 0 aliphatic carbocycles. The Kier molecular flexibility index (Phi) is 37.0.